The van der Waals surface area contributed by atoms with Crippen molar-refractivity contribution in [3.8, 4) is 11.5 Å². The molecule has 1 unspecified atom stereocenters. The number of aryl methyl sites for hydroxylation is 1. The molecule has 1 N–H and O–H groups in total. The molecule has 1 fully saturated rings. The molecule has 5 rings (SSSR count). The van der Waals surface area contributed by atoms with Gasteiger partial charge in [0.25, 0.3) is 5.78 Å². The van der Waals surface area contributed by atoms with Crippen LogP contribution >= 0.6 is 11.3 Å². The normalized spacial score (nSPS) is 17.1. The molecule has 1 atom stereocenters. The van der Waals surface area contributed by atoms with Crippen LogP contribution < -0.4 is 14.4 Å². The summed E-state index contributed by atoms with van der Waals surface area (Å²) in [5.74, 6) is -1.64. The molecule has 0 saturated carbocycles. The first-order chi connectivity index (χ1) is 17.3. The lowest BCUT2D eigenvalue weighted by molar-refractivity contribution is -0.132. The standard InChI is InChI=1S/C27H21FN2O5S/c1-14-4-6-15(7-5-14)24(31)22-23(18-13-17(34-2)9-11-20(18)35-3)30(26(33)25(22)32)27-29-19-10-8-16(28)12-21(19)36-27/h4-13,23,31H,1-3H3/b24-22+. The van der Waals surface area contributed by atoms with Gasteiger partial charge in [0, 0.05) is 11.1 Å². The predicted molar refractivity (Wildman–Crippen MR) is 135 cm³/mol. The number of ketones is 1. The number of aromatic nitrogens is 1. The summed E-state index contributed by atoms with van der Waals surface area (Å²) in [4.78, 5) is 32.6. The molecule has 0 bridgehead atoms. The Morgan fingerprint density at radius 1 is 1.03 bits per heavy atom. The van der Waals surface area contributed by atoms with Gasteiger partial charge in [-0.3, -0.25) is 14.5 Å². The number of nitrogens with zero attached hydrogens (tertiary/aromatic N) is 2. The third-order valence-corrected chi connectivity index (χ3v) is 7.06. The number of hydrogen-bond acceptors (Lipinski definition) is 7. The minimum Gasteiger partial charge on any atom is -0.507 e. The third-order valence-electron chi connectivity index (χ3n) is 6.05. The van der Waals surface area contributed by atoms with Gasteiger partial charge in [0.2, 0.25) is 0 Å². The van der Waals surface area contributed by atoms with Crippen molar-refractivity contribution in [2.75, 3.05) is 19.1 Å². The van der Waals surface area contributed by atoms with Gasteiger partial charge in [0.05, 0.1) is 30.0 Å². The Kier molecular flexibility index (Phi) is 5.93. The average Bonchev–Trinajstić information content (AvgIpc) is 3.41. The van der Waals surface area contributed by atoms with Gasteiger partial charge in [-0.05, 0) is 43.3 Å². The number of carbonyl (C=O) groups is 2. The number of rotatable bonds is 5. The molecule has 1 saturated heterocycles. The second-order valence-electron chi connectivity index (χ2n) is 8.25. The van der Waals surface area contributed by atoms with Crippen LogP contribution in [0.1, 0.15) is 22.7 Å². The number of aliphatic hydroxyl groups is 1. The zero-order valence-electron chi connectivity index (χ0n) is 19.6. The zero-order valence-corrected chi connectivity index (χ0v) is 20.4. The Balaban J connectivity index is 1.78. The van der Waals surface area contributed by atoms with Gasteiger partial charge in [0.15, 0.2) is 5.13 Å². The van der Waals surface area contributed by atoms with E-state index in [-0.39, 0.29) is 16.5 Å². The highest BCUT2D eigenvalue weighted by molar-refractivity contribution is 7.22. The molecule has 182 valence electrons. The first kappa shape index (κ1) is 23.5. The number of aliphatic hydroxyl groups excluding tert-OH is 1. The van der Waals surface area contributed by atoms with Gasteiger partial charge in [-0.1, -0.05) is 41.2 Å². The Labute approximate surface area is 210 Å². The van der Waals surface area contributed by atoms with Crippen LogP contribution in [-0.2, 0) is 9.59 Å². The number of anilines is 1. The highest BCUT2D eigenvalue weighted by Gasteiger charge is 2.49. The van der Waals surface area contributed by atoms with Crippen LogP contribution in [0, 0.1) is 12.7 Å². The maximum absolute atomic E-state index is 13.8. The monoisotopic (exact) mass is 504 g/mol. The Bertz CT molecular complexity index is 1540. The summed E-state index contributed by atoms with van der Waals surface area (Å²) >= 11 is 1.07. The topological polar surface area (TPSA) is 89.0 Å². The largest absolute Gasteiger partial charge is 0.507 e. The van der Waals surface area contributed by atoms with E-state index in [1.165, 1.54) is 37.3 Å². The number of carbonyl (C=O) groups excluding carboxylic acids is 2. The molecule has 9 heteroatoms. The van der Waals surface area contributed by atoms with E-state index < -0.39 is 23.5 Å². The van der Waals surface area contributed by atoms with Gasteiger partial charge < -0.3 is 14.6 Å². The molecule has 3 aromatic carbocycles. The van der Waals surface area contributed by atoms with Gasteiger partial charge in [-0.25, -0.2) is 9.37 Å². The lowest BCUT2D eigenvalue weighted by atomic mass is 9.94. The zero-order chi connectivity index (χ0) is 25.6. The summed E-state index contributed by atoms with van der Waals surface area (Å²) in [5, 5.41) is 11.5. The number of halogens is 1. The molecule has 0 spiro atoms. The molecule has 36 heavy (non-hydrogen) atoms. The number of ether oxygens (including phenoxy) is 2. The Morgan fingerprint density at radius 3 is 2.47 bits per heavy atom. The van der Waals surface area contributed by atoms with Crippen LogP contribution in [0.25, 0.3) is 16.0 Å². The lowest BCUT2D eigenvalue weighted by Gasteiger charge is -2.25. The quantitative estimate of drug-likeness (QED) is 0.223. The van der Waals surface area contributed by atoms with Crippen molar-refractivity contribution in [3.05, 3.63) is 88.7 Å². The SMILES string of the molecule is COc1ccc(OC)c(C2/C(=C(\O)c3ccc(C)cc3)C(=O)C(=O)N2c2nc3ccc(F)cc3s2)c1. The van der Waals surface area contributed by atoms with Crippen molar-refractivity contribution in [3.63, 3.8) is 0 Å². The van der Waals surface area contributed by atoms with E-state index in [2.05, 4.69) is 4.98 Å². The minimum atomic E-state index is -1.07. The van der Waals surface area contributed by atoms with E-state index in [0.29, 0.717) is 32.8 Å². The summed E-state index contributed by atoms with van der Waals surface area (Å²) < 4.78 is 25.3. The van der Waals surface area contributed by atoms with Crippen LogP contribution in [0.4, 0.5) is 9.52 Å². The molecule has 1 amide bonds. The van der Waals surface area contributed by atoms with E-state index in [4.69, 9.17) is 9.47 Å². The molecular weight excluding hydrogens is 483 g/mol. The highest BCUT2D eigenvalue weighted by atomic mass is 32.1. The van der Waals surface area contributed by atoms with Crippen molar-refractivity contribution < 1.29 is 28.6 Å². The van der Waals surface area contributed by atoms with Crippen LogP contribution in [-0.4, -0.2) is 36.0 Å². The van der Waals surface area contributed by atoms with Crippen molar-refractivity contribution in [1.82, 2.24) is 4.98 Å². The highest BCUT2D eigenvalue weighted by Crippen LogP contribution is 2.47. The molecule has 2 heterocycles. The lowest BCUT2D eigenvalue weighted by Crippen LogP contribution is -2.29. The Hall–Kier alpha value is -4.24. The fourth-order valence-electron chi connectivity index (χ4n) is 4.23. The van der Waals surface area contributed by atoms with E-state index in [0.717, 1.165) is 16.9 Å². The van der Waals surface area contributed by atoms with Gasteiger partial charge in [-0.15, -0.1) is 0 Å². The maximum atomic E-state index is 13.8. The molecule has 7 nitrogen and oxygen atoms in total. The van der Waals surface area contributed by atoms with Crippen LogP contribution in [0.15, 0.2) is 66.2 Å². The first-order valence-electron chi connectivity index (χ1n) is 11.0. The van der Waals surface area contributed by atoms with Gasteiger partial charge >= 0.3 is 5.91 Å². The van der Waals surface area contributed by atoms with E-state index in [9.17, 15) is 19.1 Å². The fourth-order valence-corrected chi connectivity index (χ4v) is 5.25. The number of fused-ring (bicyclic) bond motifs is 1. The van der Waals surface area contributed by atoms with E-state index in [1.54, 1.807) is 42.5 Å². The molecule has 1 aliphatic heterocycles. The second kappa shape index (κ2) is 9.09. The third kappa shape index (κ3) is 3.87. The van der Waals surface area contributed by atoms with Crippen molar-refractivity contribution >= 4 is 44.1 Å². The summed E-state index contributed by atoms with van der Waals surface area (Å²) in [6.07, 6.45) is 0. The fraction of sp³-hybridized carbons (Fsp3) is 0.148. The number of hydrogen-bond donors (Lipinski definition) is 1. The predicted octanol–water partition coefficient (Wildman–Crippen LogP) is 5.39. The second-order valence-corrected chi connectivity index (χ2v) is 9.26. The summed E-state index contributed by atoms with van der Waals surface area (Å²) in [6, 6.07) is 15.0. The first-order valence-corrected chi connectivity index (χ1v) is 11.8. The maximum Gasteiger partial charge on any atom is 0.301 e. The van der Waals surface area contributed by atoms with Crippen molar-refractivity contribution in [2.24, 2.45) is 0 Å². The number of benzene rings is 3. The minimum absolute atomic E-state index is 0.110. The molecule has 4 aromatic rings. The van der Waals surface area contributed by atoms with Crippen molar-refractivity contribution in [1.29, 1.82) is 0 Å². The van der Waals surface area contributed by atoms with Crippen LogP contribution in [0.5, 0.6) is 11.5 Å². The van der Waals surface area contributed by atoms with Crippen molar-refractivity contribution in [2.45, 2.75) is 13.0 Å². The average molecular weight is 505 g/mol. The van der Waals surface area contributed by atoms with E-state index >= 15 is 0 Å². The van der Waals surface area contributed by atoms with Crippen LogP contribution in [0.3, 0.4) is 0 Å². The molecule has 1 aromatic heterocycles. The number of Topliss-reactive ketones (excluding diaryl/α,β-unsaturated/α-hetero) is 1. The van der Waals surface area contributed by atoms with Gasteiger partial charge in [0.1, 0.15) is 29.1 Å². The van der Waals surface area contributed by atoms with E-state index in [1.807, 2.05) is 6.92 Å². The molecule has 0 aliphatic carbocycles. The Morgan fingerprint density at radius 2 is 1.78 bits per heavy atom. The summed E-state index contributed by atoms with van der Waals surface area (Å²) in [7, 11) is 2.97. The number of methoxy groups -OCH3 is 2. The smallest absolute Gasteiger partial charge is 0.301 e. The number of thiazole rings is 1. The molecule has 1 aliphatic rings. The summed E-state index contributed by atoms with van der Waals surface area (Å²) in [6.45, 7) is 1.90. The summed E-state index contributed by atoms with van der Waals surface area (Å²) in [5.41, 5.74) is 2.15. The number of amides is 1. The molecule has 0 radical (unpaired) electrons. The van der Waals surface area contributed by atoms with Gasteiger partial charge in [-0.2, -0.15) is 0 Å². The molecular formula is C27H21FN2O5S. The van der Waals surface area contributed by atoms with Crippen LogP contribution in [0.2, 0.25) is 0 Å².